The predicted molar refractivity (Wildman–Crippen MR) is 76.5 cm³/mol. The van der Waals surface area contributed by atoms with Gasteiger partial charge < -0.3 is 5.32 Å². The normalized spacial score (nSPS) is 13.8. The van der Waals surface area contributed by atoms with Crippen molar-refractivity contribution < 1.29 is 0 Å². The largest absolute Gasteiger partial charge is 0.312 e. The Morgan fingerprint density at radius 3 is 2.47 bits per heavy atom. The summed E-state index contributed by atoms with van der Waals surface area (Å²) in [6.07, 6.45) is 0. The molecule has 96 valence electrons. The molecule has 1 unspecified atom stereocenters. The van der Waals surface area contributed by atoms with E-state index < -0.39 is 0 Å². The number of rotatable bonds is 4. The van der Waals surface area contributed by atoms with E-state index in [0.717, 1.165) is 18.1 Å². The fourth-order valence-electron chi connectivity index (χ4n) is 1.53. The first-order valence-electron chi connectivity index (χ1n) is 6.26. The molecule has 0 radical (unpaired) electrons. The maximum atomic E-state index is 6.19. The van der Waals surface area contributed by atoms with E-state index in [0.29, 0.717) is 11.3 Å². The molecule has 0 saturated carbocycles. The van der Waals surface area contributed by atoms with Crippen LogP contribution in [0, 0.1) is 18.3 Å². The van der Waals surface area contributed by atoms with Gasteiger partial charge in [-0.3, -0.25) is 0 Å². The fourth-order valence-corrected chi connectivity index (χ4v) is 1.83. The molecule has 0 amide bonds. The van der Waals surface area contributed by atoms with Crippen LogP contribution in [0.3, 0.4) is 0 Å². The van der Waals surface area contributed by atoms with Gasteiger partial charge in [-0.25, -0.2) is 0 Å². The summed E-state index contributed by atoms with van der Waals surface area (Å²) in [4.78, 5) is 0. The molecule has 1 atom stereocenters. The highest BCUT2D eigenvalue weighted by atomic mass is 35.5. The number of hydrogen-bond acceptors (Lipinski definition) is 1. The topological polar surface area (TPSA) is 12.0 Å². The third kappa shape index (κ3) is 4.69. The van der Waals surface area contributed by atoms with Gasteiger partial charge in [-0.2, -0.15) is 0 Å². The Bertz CT molecular complexity index is 366. The summed E-state index contributed by atoms with van der Waals surface area (Å²) in [5.41, 5.74) is 2.74. The molecule has 1 N–H and O–H groups in total. The Hall–Kier alpha value is -0.530. The van der Waals surface area contributed by atoms with E-state index in [4.69, 9.17) is 11.6 Å². The zero-order chi connectivity index (χ0) is 13.1. The molecule has 0 bridgehead atoms. The Balaban J connectivity index is 2.46. The lowest BCUT2D eigenvalue weighted by Gasteiger charge is -2.27. The molecule has 0 heterocycles. The molecule has 2 heteroatoms. The molecule has 1 aromatic carbocycles. The van der Waals surface area contributed by atoms with Crippen molar-refractivity contribution in [1.29, 1.82) is 0 Å². The summed E-state index contributed by atoms with van der Waals surface area (Å²) < 4.78 is 0. The number of benzene rings is 1. The molecule has 1 rings (SSSR count). The second-order valence-electron chi connectivity index (χ2n) is 5.99. The van der Waals surface area contributed by atoms with Gasteiger partial charge in [-0.05, 0) is 42.0 Å². The Morgan fingerprint density at radius 1 is 1.29 bits per heavy atom. The van der Waals surface area contributed by atoms with Crippen LogP contribution >= 0.6 is 11.6 Å². The molecule has 0 aliphatic heterocycles. The molecule has 1 nitrogen and oxygen atoms in total. The fraction of sp³-hybridized carbons (Fsp3) is 0.600. The van der Waals surface area contributed by atoms with Gasteiger partial charge in [0.1, 0.15) is 0 Å². The van der Waals surface area contributed by atoms with Crippen LogP contribution < -0.4 is 5.32 Å². The first-order valence-corrected chi connectivity index (χ1v) is 6.64. The third-order valence-electron chi connectivity index (χ3n) is 3.45. The number of nitrogens with one attached hydrogen (secondary N) is 1. The summed E-state index contributed by atoms with van der Waals surface area (Å²) in [6.45, 7) is 13.0. The third-order valence-corrected chi connectivity index (χ3v) is 3.80. The predicted octanol–water partition coefficient (Wildman–Crippen LogP) is 4.42. The van der Waals surface area contributed by atoms with Gasteiger partial charge in [-0.1, -0.05) is 51.4 Å². The van der Waals surface area contributed by atoms with Crippen molar-refractivity contribution in [3.63, 3.8) is 0 Å². The zero-order valence-electron chi connectivity index (χ0n) is 11.6. The molecule has 0 aliphatic rings. The van der Waals surface area contributed by atoms with Crippen LogP contribution in [0.4, 0.5) is 0 Å². The lowest BCUT2D eigenvalue weighted by atomic mass is 9.82. The van der Waals surface area contributed by atoms with Gasteiger partial charge in [0.25, 0.3) is 0 Å². The monoisotopic (exact) mass is 253 g/mol. The minimum absolute atomic E-state index is 0.351. The van der Waals surface area contributed by atoms with Gasteiger partial charge in [-0.15, -0.1) is 0 Å². The highest BCUT2D eigenvalue weighted by Crippen LogP contribution is 2.24. The van der Waals surface area contributed by atoms with Crippen LogP contribution in [0.5, 0.6) is 0 Å². The Kier molecular flexibility index (Phi) is 5.03. The second-order valence-corrected chi connectivity index (χ2v) is 6.40. The van der Waals surface area contributed by atoms with Gasteiger partial charge in [0.05, 0.1) is 0 Å². The standard InChI is InChI=1S/C15H24ClN/c1-11-6-7-13(14(16)8-11)10-17-9-12(2)15(3,4)5/h6-8,12,17H,9-10H2,1-5H3. The van der Waals surface area contributed by atoms with E-state index in [1.165, 1.54) is 11.1 Å². The van der Waals surface area contributed by atoms with Crippen LogP contribution in [0.15, 0.2) is 18.2 Å². The molecule has 1 aromatic rings. The van der Waals surface area contributed by atoms with Crippen molar-refractivity contribution >= 4 is 11.6 Å². The summed E-state index contributed by atoms with van der Waals surface area (Å²) in [6, 6.07) is 6.23. The molecule has 0 aromatic heterocycles. The molecule has 0 saturated heterocycles. The summed E-state index contributed by atoms with van der Waals surface area (Å²) in [5, 5.41) is 4.35. The number of aryl methyl sites for hydroxylation is 1. The van der Waals surface area contributed by atoms with Crippen molar-refractivity contribution in [2.24, 2.45) is 11.3 Å². The van der Waals surface area contributed by atoms with E-state index in [1.54, 1.807) is 0 Å². The molecule has 0 fully saturated rings. The van der Waals surface area contributed by atoms with E-state index >= 15 is 0 Å². The first-order chi connectivity index (χ1) is 7.80. The zero-order valence-corrected chi connectivity index (χ0v) is 12.4. The van der Waals surface area contributed by atoms with Crippen molar-refractivity contribution in [3.8, 4) is 0 Å². The average Bonchev–Trinajstić information content (AvgIpc) is 2.19. The molecule has 0 aliphatic carbocycles. The van der Waals surface area contributed by atoms with Gasteiger partial charge in [0.15, 0.2) is 0 Å². The molecule has 17 heavy (non-hydrogen) atoms. The average molecular weight is 254 g/mol. The lowest BCUT2D eigenvalue weighted by molar-refractivity contribution is 0.252. The van der Waals surface area contributed by atoms with E-state index in [-0.39, 0.29) is 0 Å². The highest BCUT2D eigenvalue weighted by Gasteiger charge is 2.19. The van der Waals surface area contributed by atoms with Gasteiger partial charge >= 0.3 is 0 Å². The molecular formula is C15H24ClN. The quantitative estimate of drug-likeness (QED) is 0.838. The number of halogens is 1. The first kappa shape index (κ1) is 14.5. The highest BCUT2D eigenvalue weighted by molar-refractivity contribution is 6.31. The van der Waals surface area contributed by atoms with Crippen molar-refractivity contribution in [2.75, 3.05) is 6.54 Å². The van der Waals surface area contributed by atoms with Crippen molar-refractivity contribution in [3.05, 3.63) is 34.3 Å². The van der Waals surface area contributed by atoms with Crippen molar-refractivity contribution in [1.82, 2.24) is 5.32 Å². The smallest absolute Gasteiger partial charge is 0.0453 e. The number of hydrogen-bond donors (Lipinski definition) is 1. The Morgan fingerprint density at radius 2 is 1.94 bits per heavy atom. The van der Waals surface area contributed by atoms with Crippen LogP contribution in [0.2, 0.25) is 5.02 Å². The van der Waals surface area contributed by atoms with Crippen molar-refractivity contribution in [2.45, 2.75) is 41.2 Å². The van der Waals surface area contributed by atoms with Crippen LogP contribution in [0.1, 0.15) is 38.8 Å². The maximum Gasteiger partial charge on any atom is 0.0453 e. The van der Waals surface area contributed by atoms with E-state index in [2.05, 4.69) is 52.1 Å². The maximum absolute atomic E-state index is 6.19. The SMILES string of the molecule is Cc1ccc(CNCC(C)C(C)(C)C)c(Cl)c1. The summed E-state index contributed by atoms with van der Waals surface area (Å²) in [5.74, 6) is 0.645. The van der Waals surface area contributed by atoms with E-state index in [1.807, 2.05) is 6.07 Å². The van der Waals surface area contributed by atoms with E-state index in [9.17, 15) is 0 Å². The second kappa shape index (κ2) is 5.88. The molecular weight excluding hydrogens is 230 g/mol. The summed E-state index contributed by atoms with van der Waals surface area (Å²) >= 11 is 6.19. The Labute approximate surface area is 111 Å². The lowest BCUT2D eigenvalue weighted by Crippen LogP contribution is -2.29. The van der Waals surface area contributed by atoms with Crippen LogP contribution in [-0.2, 0) is 6.54 Å². The minimum atomic E-state index is 0.351. The van der Waals surface area contributed by atoms with Crippen LogP contribution in [0.25, 0.3) is 0 Å². The van der Waals surface area contributed by atoms with Gasteiger partial charge in [0.2, 0.25) is 0 Å². The minimum Gasteiger partial charge on any atom is -0.312 e. The summed E-state index contributed by atoms with van der Waals surface area (Å²) in [7, 11) is 0. The molecule has 0 spiro atoms. The van der Waals surface area contributed by atoms with Gasteiger partial charge in [0, 0.05) is 11.6 Å². The van der Waals surface area contributed by atoms with Crippen LogP contribution in [-0.4, -0.2) is 6.54 Å².